The molecule has 2 bridgehead atoms. The van der Waals surface area contributed by atoms with Crippen LogP contribution in [0.2, 0.25) is 0 Å². The van der Waals surface area contributed by atoms with E-state index in [-0.39, 0.29) is 0 Å². The maximum absolute atomic E-state index is 6.07. The van der Waals surface area contributed by atoms with Crippen LogP contribution in [0.25, 0.3) is 0 Å². The number of ether oxygens (including phenoxy) is 1. The molecular weight excluding hydrogens is 262 g/mol. The lowest BCUT2D eigenvalue weighted by molar-refractivity contribution is 0.0857. The van der Waals surface area contributed by atoms with Gasteiger partial charge in [0.25, 0.3) is 0 Å². The van der Waals surface area contributed by atoms with E-state index in [1.807, 2.05) is 0 Å². The van der Waals surface area contributed by atoms with Crippen LogP contribution in [0.1, 0.15) is 51.4 Å². The Balaban J connectivity index is 1.74. The Morgan fingerprint density at radius 3 is 2.81 bits per heavy atom. The Kier molecular flexibility index (Phi) is 4.65. The molecule has 3 heterocycles. The third kappa shape index (κ3) is 3.02. The van der Waals surface area contributed by atoms with Crippen LogP contribution in [0, 0.1) is 5.92 Å². The molecule has 0 saturated carbocycles. The molecule has 0 radical (unpaired) electrons. The largest absolute Gasteiger partial charge is 0.375 e. The molecule has 4 unspecified atom stereocenters. The van der Waals surface area contributed by atoms with E-state index < -0.39 is 0 Å². The van der Waals surface area contributed by atoms with Gasteiger partial charge in [0.1, 0.15) is 0 Å². The summed E-state index contributed by atoms with van der Waals surface area (Å²) in [5, 5.41) is 8.41. The minimum Gasteiger partial charge on any atom is -0.375 e. The van der Waals surface area contributed by atoms with Gasteiger partial charge in [-0.2, -0.15) is 5.10 Å². The van der Waals surface area contributed by atoms with E-state index in [1.54, 1.807) is 0 Å². The van der Waals surface area contributed by atoms with E-state index in [2.05, 4.69) is 36.8 Å². The van der Waals surface area contributed by atoms with Crippen LogP contribution in [0.3, 0.4) is 0 Å². The quantitative estimate of drug-likeness (QED) is 0.839. The van der Waals surface area contributed by atoms with E-state index >= 15 is 0 Å². The Bertz CT molecular complexity index is 471. The first-order valence-electron chi connectivity index (χ1n) is 8.69. The summed E-state index contributed by atoms with van der Waals surface area (Å²) in [6, 6.07) is 2.82. The molecular formula is C17H29N3O. The maximum atomic E-state index is 6.07. The molecule has 118 valence electrons. The minimum absolute atomic E-state index is 0.489. The summed E-state index contributed by atoms with van der Waals surface area (Å²) < 4.78 is 8.25. The minimum atomic E-state index is 0.489. The molecule has 1 N–H and O–H groups in total. The normalized spacial score (nSPS) is 29.2. The van der Waals surface area contributed by atoms with Crippen molar-refractivity contribution < 1.29 is 4.74 Å². The predicted octanol–water partition coefficient (Wildman–Crippen LogP) is 2.55. The molecule has 21 heavy (non-hydrogen) atoms. The lowest BCUT2D eigenvalue weighted by Gasteiger charge is -2.29. The Hall–Kier alpha value is -0.870. The smallest absolute Gasteiger partial charge is 0.0624 e. The third-order valence-corrected chi connectivity index (χ3v) is 5.14. The zero-order chi connectivity index (χ0) is 14.8. The third-order valence-electron chi connectivity index (χ3n) is 5.14. The molecule has 2 fully saturated rings. The molecule has 2 aliphatic heterocycles. The number of fused-ring (bicyclic) bond motifs is 2. The first kappa shape index (κ1) is 15.0. The van der Waals surface area contributed by atoms with Gasteiger partial charge in [0.2, 0.25) is 0 Å². The van der Waals surface area contributed by atoms with Crippen molar-refractivity contribution >= 4 is 0 Å². The van der Waals surface area contributed by atoms with Crippen LogP contribution >= 0.6 is 0 Å². The fourth-order valence-corrected chi connectivity index (χ4v) is 4.09. The summed E-state index contributed by atoms with van der Waals surface area (Å²) in [5.74, 6) is 0.675. The van der Waals surface area contributed by atoms with E-state index in [0.29, 0.717) is 24.2 Å². The average molecular weight is 291 g/mol. The van der Waals surface area contributed by atoms with Gasteiger partial charge in [0.15, 0.2) is 0 Å². The van der Waals surface area contributed by atoms with Gasteiger partial charge in [-0.25, -0.2) is 0 Å². The first-order chi connectivity index (χ1) is 10.2. The molecule has 1 aromatic rings. The second-order valence-corrected chi connectivity index (χ2v) is 6.44. The Morgan fingerprint density at radius 2 is 2.24 bits per heavy atom. The van der Waals surface area contributed by atoms with E-state index in [9.17, 15) is 0 Å². The van der Waals surface area contributed by atoms with Gasteiger partial charge in [-0.05, 0) is 45.2 Å². The molecule has 0 amide bonds. The summed E-state index contributed by atoms with van der Waals surface area (Å²) in [6.45, 7) is 8.55. The number of hydrogen-bond acceptors (Lipinski definition) is 3. The second kappa shape index (κ2) is 6.49. The summed E-state index contributed by atoms with van der Waals surface area (Å²) in [4.78, 5) is 0. The van der Waals surface area contributed by atoms with Crippen molar-refractivity contribution in [2.45, 2.75) is 77.7 Å². The average Bonchev–Trinajstić information content (AvgIpc) is 3.21. The Morgan fingerprint density at radius 1 is 1.38 bits per heavy atom. The fourth-order valence-electron chi connectivity index (χ4n) is 4.09. The molecule has 0 aliphatic carbocycles. The molecule has 3 rings (SSSR count). The van der Waals surface area contributed by atoms with Crippen molar-refractivity contribution in [2.24, 2.45) is 5.92 Å². The van der Waals surface area contributed by atoms with Crippen molar-refractivity contribution in [3.63, 3.8) is 0 Å². The molecule has 4 nitrogen and oxygen atoms in total. The number of nitrogens with zero attached hydrogens (tertiary/aromatic N) is 2. The van der Waals surface area contributed by atoms with E-state index in [4.69, 9.17) is 9.84 Å². The van der Waals surface area contributed by atoms with Gasteiger partial charge in [-0.15, -0.1) is 0 Å². The van der Waals surface area contributed by atoms with Crippen LogP contribution in [-0.2, 0) is 24.1 Å². The van der Waals surface area contributed by atoms with Crippen molar-refractivity contribution in [1.29, 1.82) is 0 Å². The van der Waals surface area contributed by atoms with Crippen LogP contribution in [-0.4, -0.2) is 34.6 Å². The van der Waals surface area contributed by atoms with Crippen LogP contribution in [0.15, 0.2) is 6.07 Å². The Labute approximate surface area is 128 Å². The van der Waals surface area contributed by atoms with Gasteiger partial charge in [0, 0.05) is 30.6 Å². The standard InChI is InChI=1S/C17H29N3O/c1-4-12-9-13(20(6-3)19-12)10-16(18-5-2)15-11-14-7-8-17(15)21-14/h9,14-18H,4-8,10-11H2,1-3H3. The molecule has 2 aliphatic rings. The zero-order valence-corrected chi connectivity index (χ0v) is 13.6. The molecule has 0 aromatic carbocycles. The predicted molar refractivity (Wildman–Crippen MR) is 84.4 cm³/mol. The lowest BCUT2D eigenvalue weighted by Crippen LogP contribution is -2.42. The van der Waals surface area contributed by atoms with Crippen LogP contribution < -0.4 is 5.32 Å². The van der Waals surface area contributed by atoms with E-state index in [1.165, 1.54) is 30.7 Å². The maximum Gasteiger partial charge on any atom is 0.0624 e. The number of hydrogen-bond donors (Lipinski definition) is 1. The molecule has 2 saturated heterocycles. The highest BCUT2D eigenvalue weighted by Gasteiger charge is 2.44. The van der Waals surface area contributed by atoms with Crippen molar-refractivity contribution in [3.8, 4) is 0 Å². The van der Waals surface area contributed by atoms with Crippen molar-refractivity contribution in [1.82, 2.24) is 15.1 Å². The first-order valence-corrected chi connectivity index (χ1v) is 8.69. The molecule has 0 spiro atoms. The number of aromatic nitrogens is 2. The topological polar surface area (TPSA) is 39.1 Å². The van der Waals surface area contributed by atoms with Gasteiger partial charge < -0.3 is 10.1 Å². The number of aryl methyl sites for hydroxylation is 2. The highest BCUT2D eigenvalue weighted by molar-refractivity contribution is 5.13. The van der Waals surface area contributed by atoms with Gasteiger partial charge in [-0.3, -0.25) is 4.68 Å². The summed E-state index contributed by atoms with van der Waals surface area (Å²) in [6.07, 6.45) is 6.88. The molecule has 1 aromatic heterocycles. The monoisotopic (exact) mass is 291 g/mol. The molecule has 4 heteroatoms. The molecule has 4 atom stereocenters. The van der Waals surface area contributed by atoms with Gasteiger partial charge >= 0.3 is 0 Å². The van der Waals surface area contributed by atoms with Crippen molar-refractivity contribution in [2.75, 3.05) is 6.54 Å². The zero-order valence-electron chi connectivity index (χ0n) is 13.6. The fraction of sp³-hybridized carbons (Fsp3) is 0.824. The summed E-state index contributed by atoms with van der Waals surface area (Å²) >= 11 is 0. The number of rotatable bonds is 7. The highest BCUT2D eigenvalue weighted by atomic mass is 16.5. The SMILES string of the molecule is CCNC(Cc1cc(CC)nn1CC)C1CC2CCC1O2. The number of nitrogens with one attached hydrogen (secondary N) is 1. The van der Waals surface area contributed by atoms with Crippen molar-refractivity contribution in [3.05, 3.63) is 17.5 Å². The van der Waals surface area contributed by atoms with Crippen LogP contribution in [0.4, 0.5) is 0 Å². The summed E-state index contributed by atoms with van der Waals surface area (Å²) in [5.41, 5.74) is 2.59. The van der Waals surface area contributed by atoms with Gasteiger partial charge in [-0.1, -0.05) is 13.8 Å². The second-order valence-electron chi connectivity index (χ2n) is 6.44. The van der Waals surface area contributed by atoms with E-state index in [0.717, 1.165) is 25.9 Å². The lowest BCUT2D eigenvalue weighted by atomic mass is 9.82. The van der Waals surface area contributed by atoms with Gasteiger partial charge in [0.05, 0.1) is 17.9 Å². The highest BCUT2D eigenvalue weighted by Crippen LogP contribution is 2.41. The summed E-state index contributed by atoms with van der Waals surface area (Å²) in [7, 11) is 0. The number of likely N-dealkylation sites (N-methyl/N-ethyl adjacent to an activating group) is 1. The van der Waals surface area contributed by atoms with Crippen LogP contribution in [0.5, 0.6) is 0 Å².